The summed E-state index contributed by atoms with van der Waals surface area (Å²) in [5, 5.41) is 11.8. The van der Waals surface area contributed by atoms with Crippen molar-refractivity contribution in [2.45, 2.75) is 32.7 Å². The molecule has 6 nitrogen and oxygen atoms in total. The van der Waals surface area contributed by atoms with Crippen molar-refractivity contribution in [3.05, 3.63) is 35.9 Å². The third-order valence-corrected chi connectivity index (χ3v) is 3.41. The van der Waals surface area contributed by atoms with Crippen molar-refractivity contribution >= 4 is 17.8 Å². The van der Waals surface area contributed by atoms with E-state index in [1.807, 2.05) is 19.9 Å². The SMILES string of the molecule is COC(=O)[C@H](CC(C)C)NC(=O)C(Cc1ccccc1)C(=O)O. The number of aliphatic carboxylic acids is 1. The van der Waals surface area contributed by atoms with Crippen LogP contribution in [-0.2, 0) is 25.5 Å². The first kappa shape index (κ1) is 18.7. The van der Waals surface area contributed by atoms with E-state index < -0.39 is 29.8 Å². The number of carboxylic acid groups (broad SMARTS) is 1. The van der Waals surface area contributed by atoms with Crippen LogP contribution in [0.3, 0.4) is 0 Å². The molecule has 0 aliphatic carbocycles. The zero-order chi connectivity index (χ0) is 17.4. The summed E-state index contributed by atoms with van der Waals surface area (Å²) in [5.41, 5.74) is 0.744. The highest BCUT2D eigenvalue weighted by atomic mass is 16.5. The summed E-state index contributed by atoms with van der Waals surface area (Å²) in [4.78, 5) is 35.5. The fourth-order valence-electron chi connectivity index (χ4n) is 2.24. The molecule has 6 heteroatoms. The lowest BCUT2D eigenvalue weighted by Crippen LogP contribution is -2.47. The zero-order valence-electron chi connectivity index (χ0n) is 13.6. The number of carboxylic acids is 1. The van der Waals surface area contributed by atoms with Gasteiger partial charge in [0, 0.05) is 0 Å². The number of hydrogen-bond donors (Lipinski definition) is 2. The summed E-state index contributed by atoms with van der Waals surface area (Å²) in [7, 11) is 1.24. The van der Waals surface area contributed by atoms with Crippen LogP contribution in [0.4, 0.5) is 0 Å². The average molecular weight is 321 g/mol. The standard InChI is InChI=1S/C17H23NO5/c1-11(2)9-14(17(22)23-3)18-15(19)13(16(20)21)10-12-7-5-4-6-8-12/h4-8,11,13-14H,9-10H2,1-3H3,(H,18,19)(H,20,21)/t13?,14-/m0/s1. The van der Waals surface area contributed by atoms with Gasteiger partial charge in [0.15, 0.2) is 0 Å². The van der Waals surface area contributed by atoms with Gasteiger partial charge in [-0.1, -0.05) is 44.2 Å². The van der Waals surface area contributed by atoms with E-state index >= 15 is 0 Å². The van der Waals surface area contributed by atoms with Gasteiger partial charge in [-0.25, -0.2) is 4.79 Å². The molecule has 0 aromatic heterocycles. The molecule has 0 aliphatic heterocycles. The highest BCUT2D eigenvalue weighted by molar-refractivity contribution is 5.98. The summed E-state index contributed by atoms with van der Waals surface area (Å²) < 4.78 is 4.67. The number of amides is 1. The van der Waals surface area contributed by atoms with Crippen LogP contribution in [0, 0.1) is 11.8 Å². The molecule has 0 spiro atoms. The lowest BCUT2D eigenvalue weighted by molar-refractivity contribution is -0.151. The topological polar surface area (TPSA) is 92.7 Å². The predicted octanol–water partition coefficient (Wildman–Crippen LogP) is 1.63. The second kappa shape index (κ2) is 8.92. The minimum atomic E-state index is -1.25. The molecule has 0 saturated heterocycles. The molecule has 0 fully saturated rings. The van der Waals surface area contributed by atoms with E-state index in [4.69, 9.17) is 0 Å². The average Bonchev–Trinajstić information content (AvgIpc) is 2.51. The Labute approximate surface area is 135 Å². The highest BCUT2D eigenvalue weighted by Crippen LogP contribution is 2.12. The first-order chi connectivity index (χ1) is 10.8. The van der Waals surface area contributed by atoms with Crippen molar-refractivity contribution in [3.63, 3.8) is 0 Å². The summed E-state index contributed by atoms with van der Waals surface area (Å²) in [6.45, 7) is 3.81. The van der Waals surface area contributed by atoms with Crippen LogP contribution in [-0.4, -0.2) is 36.1 Å². The molecule has 1 aromatic rings. The van der Waals surface area contributed by atoms with Crippen LogP contribution >= 0.6 is 0 Å². The van der Waals surface area contributed by atoms with Crippen LogP contribution in [0.25, 0.3) is 0 Å². The van der Waals surface area contributed by atoms with Crippen LogP contribution < -0.4 is 5.32 Å². The van der Waals surface area contributed by atoms with E-state index in [-0.39, 0.29) is 12.3 Å². The van der Waals surface area contributed by atoms with Crippen LogP contribution in [0.5, 0.6) is 0 Å². The minimum Gasteiger partial charge on any atom is -0.481 e. The van der Waals surface area contributed by atoms with Gasteiger partial charge in [0.1, 0.15) is 12.0 Å². The number of hydrogen-bond acceptors (Lipinski definition) is 4. The van der Waals surface area contributed by atoms with E-state index in [1.165, 1.54) is 7.11 Å². The minimum absolute atomic E-state index is 0.0670. The molecule has 23 heavy (non-hydrogen) atoms. The monoisotopic (exact) mass is 321 g/mol. The van der Waals surface area contributed by atoms with Crippen LogP contribution in [0.1, 0.15) is 25.8 Å². The molecule has 2 atom stereocenters. The molecule has 1 unspecified atom stereocenters. The number of ether oxygens (including phenoxy) is 1. The maximum atomic E-state index is 12.3. The summed E-state index contributed by atoms with van der Waals surface area (Å²) >= 11 is 0. The van der Waals surface area contributed by atoms with Crippen molar-refractivity contribution in [1.29, 1.82) is 0 Å². The second-order valence-electron chi connectivity index (χ2n) is 5.79. The fraction of sp³-hybridized carbons (Fsp3) is 0.471. The summed E-state index contributed by atoms with van der Waals surface area (Å²) in [5.74, 6) is -3.58. The summed E-state index contributed by atoms with van der Waals surface area (Å²) in [6.07, 6.45) is 0.452. The third kappa shape index (κ3) is 6.10. The first-order valence-corrected chi connectivity index (χ1v) is 7.50. The van der Waals surface area contributed by atoms with Gasteiger partial charge >= 0.3 is 11.9 Å². The molecule has 0 radical (unpaired) electrons. The van der Waals surface area contributed by atoms with Gasteiger partial charge in [0.2, 0.25) is 5.91 Å². The van der Waals surface area contributed by atoms with Gasteiger partial charge in [-0.05, 0) is 24.3 Å². The molecule has 1 rings (SSSR count). The number of methoxy groups -OCH3 is 1. The Morgan fingerprint density at radius 2 is 1.78 bits per heavy atom. The van der Waals surface area contributed by atoms with Crippen molar-refractivity contribution in [2.75, 3.05) is 7.11 Å². The Morgan fingerprint density at radius 3 is 2.26 bits per heavy atom. The Bertz CT molecular complexity index is 541. The number of benzene rings is 1. The normalized spacial score (nSPS) is 13.2. The maximum absolute atomic E-state index is 12.3. The quantitative estimate of drug-likeness (QED) is 0.561. The largest absolute Gasteiger partial charge is 0.481 e. The van der Waals surface area contributed by atoms with E-state index in [2.05, 4.69) is 10.1 Å². The molecule has 126 valence electrons. The lowest BCUT2D eigenvalue weighted by atomic mass is 9.97. The molecular formula is C17H23NO5. The van der Waals surface area contributed by atoms with Crippen molar-refractivity contribution < 1.29 is 24.2 Å². The fourth-order valence-corrected chi connectivity index (χ4v) is 2.24. The number of nitrogens with one attached hydrogen (secondary N) is 1. The summed E-state index contributed by atoms with van der Waals surface area (Å²) in [6, 6.07) is 8.05. The zero-order valence-corrected chi connectivity index (χ0v) is 13.6. The molecule has 1 aromatic carbocycles. The first-order valence-electron chi connectivity index (χ1n) is 7.50. The van der Waals surface area contributed by atoms with E-state index in [0.29, 0.717) is 6.42 Å². The number of rotatable bonds is 8. The van der Waals surface area contributed by atoms with Crippen LogP contribution in [0.15, 0.2) is 30.3 Å². The molecular weight excluding hydrogens is 298 g/mol. The van der Waals surface area contributed by atoms with Crippen molar-refractivity contribution in [2.24, 2.45) is 11.8 Å². The van der Waals surface area contributed by atoms with Gasteiger partial charge in [-0.3, -0.25) is 9.59 Å². The molecule has 0 heterocycles. The van der Waals surface area contributed by atoms with Gasteiger partial charge in [0.05, 0.1) is 7.11 Å². The van der Waals surface area contributed by atoms with Gasteiger partial charge in [-0.2, -0.15) is 0 Å². The third-order valence-electron chi connectivity index (χ3n) is 3.41. The molecule has 1 amide bonds. The van der Waals surface area contributed by atoms with Crippen molar-refractivity contribution in [3.8, 4) is 0 Å². The van der Waals surface area contributed by atoms with Gasteiger partial charge in [-0.15, -0.1) is 0 Å². The Morgan fingerprint density at radius 1 is 1.17 bits per heavy atom. The predicted molar refractivity (Wildman–Crippen MR) is 84.7 cm³/mol. The van der Waals surface area contributed by atoms with Crippen molar-refractivity contribution in [1.82, 2.24) is 5.32 Å². The Balaban J connectivity index is 2.83. The van der Waals surface area contributed by atoms with Gasteiger partial charge in [0.25, 0.3) is 0 Å². The van der Waals surface area contributed by atoms with Gasteiger partial charge < -0.3 is 15.2 Å². The molecule has 0 aliphatic rings. The molecule has 0 bridgehead atoms. The lowest BCUT2D eigenvalue weighted by Gasteiger charge is -2.20. The Kier molecular flexibility index (Phi) is 7.25. The van der Waals surface area contributed by atoms with Crippen LogP contribution in [0.2, 0.25) is 0 Å². The Hall–Kier alpha value is -2.37. The maximum Gasteiger partial charge on any atom is 0.328 e. The smallest absolute Gasteiger partial charge is 0.328 e. The van der Waals surface area contributed by atoms with E-state index in [1.54, 1.807) is 24.3 Å². The molecule has 2 N–H and O–H groups in total. The number of carbonyl (C=O) groups excluding carboxylic acids is 2. The number of esters is 1. The second-order valence-corrected chi connectivity index (χ2v) is 5.79. The molecule has 0 saturated carbocycles. The van der Waals surface area contributed by atoms with E-state index in [0.717, 1.165) is 5.56 Å². The van der Waals surface area contributed by atoms with E-state index in [9.17, 15) is 19.5 Å². The highest BCUT2D eigenvalue weighted by Gasteiger charge is 2.31. The number of carbonyl (C=O) groups is 3.